The molecule has 0 bridgehead atoms. The molecule has 0 amide bonds. The lowest BCUT2D eigenvalue weighted by molar-refractivity contribution is 0.813. The Morgan fingerprint density at radius 1 is 1.12 bits per heavy atom. The van der Waals surface area contributed by atoms with Gasteiger partial charge in [-0.3, -0.25) is 0 Å². The standard InChI is InChI=1S/C5H7B3/c1-3(2)4(6)5(7)8/h3H,1-2H3. The third-order valence-corrected chi connectivity index (χ3v) is 0.955. The van der Waals surface area contributed by atoms with E-state index in [9.17, 15) is 0 Å². The van der Waals surface area contributed by atoms with E-state index >= 15 is 0 Å². The van der Waals surface area contributed by atoms with Crippen molar-refractivity contribution in [2.75, 3.05) is 0 Å². The SMILES string of the molecule is [B]C([B])=C([B])C(C)C. The van der Waals surface area contributed by atoms with E-state index in [2.05, 4.69) is 0 Å². The van der Waals surface area contributed by atoms with E-state index in [0.717, 1.165) is 0 Å². The van der Waals surface area contributed by atoms with E-state index in [1.165, 1.54) is 0 Å². The third kappa shape index (κ3) is 2.30. The first kappa shape index (κ1) is 7.93. The fraction of sp³-hybridized carbons (Fsp3) is 0.600. The van der Waals surface area contributed by atoms with Crippen molar-refractivity contribution in [3.05, 3.63) is 10.8 Å². The first-order valence-corrected chi connectivity index (χ1v) is 2.56. The molecule has 0 unspecified atom stereocenters. The second-order valence-electron chi connectivity index (χ2n) is 2.07. The summed E-state index contributed by atoms with van der Waals surface area (Å²) in [5.74, 6) is 0.250. The van der Waals surface area contributed by atoms with Crippen LogP contribution in [0.1, 0.15) is 13.8 Å². The van der Waals surface area contributed by atoms with E-state index in [1.54, 1.807) is 0 Å². The molecule has 0 aliphatic heterocycles. The molecule has 0 nitrogen and oxygen atoms in total. The van der Waals surface area contributed by atoms with Crippen LogP contribution in [0, 0.1) is 5.92 Å². The molecule has 0 aromatic heterocycles. The van der Waals surface area contributed by atoms with Gasteiger partial charge in [0, 0.05) is 0 Å². The van der Waals surface area contributed by atoms with Crippen LogP contribution >= 0.6 is 0 Å². The van der Waals surface area contributed by atoms with Gasteiger partial charge in [0.1, 0.15) is 7.85 Å². The molecule has 0 aliphatic carbocycles. The average Bonchev–Trinajstić information content (AvgIpc) is 1.64. The highest BCUT2D eigenvalue weighted by molar-refractivity contribution is 6.51. The molecule has 0 atom stereocenters. The van der Waals surface area contributed by atoms with Gasteiger partial charge in [-0.25, -0.2) is 0 Å². The van der Waals surface area contributed by atoms with Gasteiger partial charge in [0.05, 0.1) is 15.7 Å². The van der Waals surface area contributed by atoms with Gasteiger partial charge in [-0.1, -0.05) is 13.8 Å². The summed E-state index contributed by atoms with van der Waals surface area (Å²) in [6.07, 6.45) is 0. The first-order valence-electron chi connectivity index (χ1n) is 2.56. The number of hydrogen-bond donors (Lipinski definition) is 0. The Kier molecular flexibility index (Phi) is 3.03. The van der Waals surface area contributed by atoms with Crippen LogP contribution in [0.2, 0.25) is 0 Å². The van der Waals surface area contributed by atoms with Gasteiger partial charge in [0.2, 0.25) is 0 Å². The number of hydrogen-bond acceptors (Lipinski definition) is 0. The summed E-state index contributed by atoms with van der Waals surface area (Å²) in [6, 6.07) is 0. The van der Waals surface area contributed by atoms with Crippen LogP contribution in [-0.4, -0.2) is 23.5 Å². The van der Waals surface area contributed by atoms with Crippen LogP contribution in [0.15, 0.2) is 10.8 Å². The number of rotatable bonds is 1. The van der Waals surface area contributed by atoms with Gasteiger partial charge in [-0.2, -0.15) is 5.37 Å². The largest absolute Gasteiger partial charge is 0.171 e. The Balaban J connectivity index is 4.00. The Hall–Kier alpha value is -0.0652. The molecule has 0 aromatic carbocycles. The molecular weight excluding hydrogens is 92.5 g/mol. The molecule has 36 valence electrons. The van der Waals surface area contributed by atoms with Gasteiger partial charge in [0.25, 0.3) is 0 Å². The molecule has 6 radical (unpaired) electrons. The smallest absolute Gasteiger partial charge is 0.105 e. The maximum Gasteiger partial charge on any atom is 0.105 e. The molecule has 0 fully saturated rings. The topological polar surface area (TPSA) is 0 Å². The summed E-state index contributed by atoms with van der Waals surface area (Å²) in [7, 11) is 15.7. The van der Waals surface area contributed by atoms with Crippen molar-refractivity contribution in [1.82, 2.24) is 0 Å². The minimum Gasteiger partial charge on any atom is -0.171 e. The molecule has 0 aliphatic rings. The van der Waals surface area contributed by atoms with E-state index in [-0.39, 0.29) is 11.3 Å². The molecule has 3 heteroatoms. The zero-order valence-corrected chi connectivity index (χ0v) is 5.31. The van der Waals surface area contributed by atoms with Crippen molar-refractivity contribution in [3.63, 3.8) is 0 Å². The fourth-order valence-corrected chi connectivity index (χ4v) is 0.333. The normalized spacial score (nSPS) is 9.38. The summed E-state index contributed by atoms with van der Waals surface area (Å²) in [5.41, 5.74) is 0.574. The van der Waals surface area contributed by atoms with Gasteiger partial charge in [-0.15, -0.1) is 5.47 Å². The lowest BCUT2D eigenvalue weighted by Crippen LogP contribution is -1.98. The summed E-state index contributed by atoms with van der Waals surface area (Å²) in [5, 5.41) is 0.236. The molecule has 0 N–H and O–H groups in total. The molecule has 0 rings (SSSR count). The second-order valence-corrected chi connectivity index (χ2v) is 2.07. The highest BCUT2D eigenvalue weighted by Gasteiger charge is 1.94. The van der Waals surface area contributed by atoms with Gasteiger partial charge < -0.3 is 0 Å². The molecule has 0 aromatic rings. The van der Waals surface area contributed by atoms with Crippen LogP contribution in [-0.2, 0) is 0 Å². The van der Waals surface area contributed by atoms with Crippen LogP contribution in [0.3, 0.4) is 0 Å². The van der Waals surface area contributed by atoms with E-state index in [1.807, 2.05) is 13.8 Å². The minimum atomic E-state index is 0.236. The highest BCUT2D eigenvalue weighted by atomic mass is 13.9. The van der Waals surface area contributed by atoms with Crippen molar-refractivity contribution in [2.24, 2.45) is 5.92 Å². The quantitative estimate of drug-likeness (QED) is 0.416. The van der Waals surface area contributed by atoms with Crippen LogP contribution < -0.4 is 0 Å². The molecular formula is C5H7B3. The fourth-order valence-electron chi connectivity index (χ4n) is 0.333. The molecule has 0 heterocycles. The van der Waals surface area contributed by atoms with Gasteiger partial charge in [0.15, 0.2) is 0 Å². The Bertz CT molecular complexity index is 100. The van der Waals surface area contributed by atoms with Crippen molar-refractivity contribution >= 4 is 23.5 Å². The van der Waals surface area contributed by atoms with Gasteiger partial charge >= 0.3 is 0 Å². The van der Waals surface area contributed by atoms with Crippen LogP contribution in [0.25, 0.3) is 0 Å². The highest BCUT2D eigenvalue weighted by Crippen LogP contribution is 2.05. The summed E-state index contributed by atoms with van der Waals surface area (Å²) >= 11 is 0. The Labute approximate surface area is 55.0 Å². The maximum atomic E-state index is 5.39. The monoisotopic (exact) mass is 100 g/mol. The predicted octanol–water partition coefficient (Wildman–Crippen LogP) is 0.317. The number of allylic oxidation sites excluding steroid dienone is 1. The van der Waals surface area contributed by atoms with E-state index < -0.39 is 0 Å². The predicted molar refractivity (Wildman–Crippen MR) is 39.1 cm³/mol. The molecule has 0 saturated carbocycles. The van der Waals surface area contributed by atoms with Crippen molar-refractivity contribution < 1.29 is 0 Å². The Morgan fingerprint density at radius 3 is 1.50 bits per heavy atom. The first-order chi connectivity index (χ1) is 3.55. The molecule has 0 saturated heterocycles. The summed E-state index contributed by atoms with van der Waals surface area (Å²) < 4.78 is 0. The van der Waals surface area contributed by atoms with Gasteiger partial charge in [-0.05, 0) is 5.92 Å². The Morgan fingerprint density at radius 2 is 1.50 bits per heavy atom. The van der Waals surface area contributed by atoms with Crippen molar-refractivity contribution in [3.8, 4) is 0 Å². The summed E-state index contributed by atoms with van der Waals surface area (Å²) in [6.45, 7) is 3.88. The third-order valence-electron chi connectivity index (χ3n) is 0.955. The molecule has 8 heavy (non-hydrogen) atoms. The van der Waals surface area contributed by atoms with Crippen molar-refractivity contribution in [1.29, 1.82) is 0 Å². The lowest BCUT2D eigenvalue weighted by Gasteiger charge is -2.07. The maximum absolute atomic E-state index is 5.39. The summed E-state index contributed by atoms with van der Waals surface area (Å²) in [4.78, 5) is 0. The molecule has 0 spiro atoms. The minimum absolute atomic E-state index is 0.236. The van der Waals surface area contributed by atoms with E-state index in [4.69, 9.17) is 23.5 Å². The second kappa shape index (κ2) is 3.06. The lowest BCUT2D eigenvalue weighted by atomic mass is 9.66. The average molecular weight is 99.5 g/mol. The zero-order valence-electron chi connectivity index (χ0n) is 5.31. The van der Waals surface area contributed by atoms with Crippen LogP contribution in [0.4, 0.5) is 0 Å². The van der Waals surface area contributed by atoms with Crippen LogP contribution in [0.5, 0.6) is 0 Å². The van der Waals surface area contributed by atoms with Crippen molar-refractivity contribution in [2.45, 2.75) is 13.8 Å². The zero-order chi connectivity index (χ0) is 6.73. The van der Waals surface area contributed by atoms with E-state index in [0.29, 0.717) is 5.47 Å².